The molecule has 2 rings (SSSR count). The molecule has 0 atom stereocenters. The van der Waals surface area contributed by atoms with Crippen molar-refractivity contribution in [3.05, 3.63) is 5.82 Å². The number of hydrogen-bond donors (Lipinski definition) is 2. The number of rotatable bonds is 5. The molecule has 0 saturated heterocycles. The Kier molecular flexibility index (Phi) is 4.45. The summed E-state index contributed by atoms with van der Waals surface area (Å²) >= 11 is 2.57. The van der Waals surface area contributed by atoms with Gasteiger partial charge in [-0.05, 0) is 44.1 Å². The summed E-state index contributed by atoms with van der Waals surface area (Å²) in [5, 5.41) is 0.453. The van der Waals surface area contributed by atoms with Crippen molar-refractivity contribution in [2.45, 2.75) is 36.4 Å². The minimum Gasteiger partial charge on any atom is -0.461 e. The van der Waals surface area contributed by atoms with Crippen LogP contribution in [0.4, 0.5) is 5.95 Å². The molecular weight excluding hydrogens is 286 g/mol. The van der Waals surface area contributed by atoms with Crippen LogP contribution in [-0.2, 0) is 0 Å². The van der Waals surface area contributed by atoms with Crippen molar-refractivity contribution >= 4 is 29.2 Å². The van der Waals surface area contributed by atoms with Gasteiger partial charge >= 0.3 is 6.01 Å². The molecule has 3 N–H and O–H groups in total. The third-order valence-electron chi connectivity index (χ3n) is 1.75. The summed E-state index contributed by atoms with van der Waals surface area (Å²) in [7, 11) is 0. The number of aryl methyl sites for hydroxylation is 1. The first-order valence-corrected chi connectivity index (χ1v) is 7.03. The standard InChI is InChI=1S/C9H13N7OS2/c1-4(2)17-7-12-6(15-10)13-8(14-7)18-9-11-5(3)16-19-9/h4H,10H2,1-3H3,(H,12,13,14,15). The Morgan fingerprint density at radius 3 is 2.63 bits per heavy atom. The Bertz CT molecular complexity index is 559. The molecular formula is C9H13N7OS2. The monoisotopic (exact) mass is 299 g/mol. The molecule has 0 saturated carbocycles. The van der Waals surface area contributed by atoms with E-state index in [0.717, 1.165) is 10.2 Å². The van der Waals surface area contributed by atoms with Gasteiger partial charge in [0.05, 0.1) is 6.10 Å². The minimum atomic E-state index is -0.0327. The highest BCUT2D eigenvalue weighted by molar-refractivity contribution is 8.00. The van der Waals surface area contributed by atoms with Gasteiger partial charge < -0.3 is 4.74 Å². The first-order chi connectivity index (χ1) is 9.06. The topological polar surface area (TPSA) is 112 Å². The summed E-state index contributed by atoms with van der Waals surface area (Å²) in [6.07, 6.45) is -0.0327. The number of aromatic nitrogens is 5. The number of hydrazine groups is 1. The molecule has 2 aromatic heterocycles. The molecule has 0 aromatic carbocycles. The zero-order valence-corrected chi connectivity index (χ0v) is 12.2. The molecule has 0 bridgehead atoms. The summed E-state index contributed by atoms with van der Waals surface area (Å²) in [6, 6.07) is 0.224. The summed E-state index contributed by atoms with van der Waals surface area (Å²) in [6.45, 7) is 5.61. The van der Waals surface area contributed by atoms with Crippen LogP contribution in [0.15, 0.2) is 9.50 Å². The van der Waals surface area contributed by atoms with E-state index in [0.29, 0.717) is 5.16 Å². The quantitative estimate of drug-likeness (QED) is 0.622. The lowest BCUT2D eigenvalue weighted by Crippen LogP contribution is -2.14. The predicted molar refractivity (Wildman–Crippen MR) is 72.2 cm³/mol. The number of nitrogen functional groups attached to an aromatic ring is 1. The van der Waals surface area contributed by atoms with Crippen LogP contribution in [0.25, 0.3) is 0 Å². The van der Waals surface area contributed by atoms with Crippen LogP contribution in [0.1, 0.15) is 19.7 Å². The third-order valence-corrected chi connectivity index (χ3v) is 3.46. The molecule has 0 unspecified atom stereocenters. The summed E-state index contributed by atoms with van der Waals surface area (Å²) in [5.74, 6) is 6.29. The molecule has 0 amide bonds. The van der Waals surface area contributed by atoms with E-state index >= 15 is 0 Å². The summed E-state index contributed by atoms with van der Waals surface area (Å²) in [4.78, 5) is 16.6. The van der Waals surface area contributed by atoms with Crippen LogP contribution in [0, 0.1) is 6.92 Å². The van der Waals surface area contributed by atoms with Gasteiger partial charge in [-0.15, -0.1) is 0 Å². The zero-order valence-electron chi connectivity index (χ0n) is 10.6. The third kappa shape index (κ3) is 3.98. The van der Waals surface area contributed by atoms with Crippen molar-refractivity contribution in [3.8, 4) is 6.01 Å². The van der Waals surface area contributed by atoms with Gasteiger partial charge in [0.15, 0.2) is 4.34 Å². The first-order valence-electron chi connectivity index (χ1n) is 5.44. The van der Waals surface area contributed by atoms with Crippen LogP contribution in [0.3, 0.4) is 0 Å². The number of nitrogens with one attached hydrogen (secondary N) is 1. The molecule has 0 aliphatic rings. The van der Waals surface area contributed by atoms with Gasteiger partial charge in [-0.1, -0.05) is 0 Å². The average molecular weight is 299 g/mol. The average Bonchev–Trinajstić information content (AvgIpc) is 2.73. The first kappa shape index (κ1) is 13.9. The van der Waals surface area contributed by atoms with Crippen molar-refractivity contribution < 1.29 is 4.74 Å². The maximum absolute atomic E-state index is 5.44. The Hall–Kier alpha value is -1.52. The van der Waals surface area contributed by atoms with Gasteiger partial charge in [0.2, 0.25) is 11.1 Å². The smallest absolute Gasteiger partial charge is 0.322 e. The van der Waals surface area contributed by atoms with E-state index in [1.165, 1.54) is 23.3 Å². The van der Waals surface area contributed by atoms with E-state index in [4.69, 9.17) is 10.6 Å². The lowest BCUT2D eigenvalue weighted by atomic mass is 10.5. The Morgan fingerprint density at radius 1 is 1.26 bits per heavy atom. The van der Waals surface area contributed by atoms with Crippen LogP contribution in [-0.4, -0.2) is 30.4 Å². The molecule has 2 aromatic rings. The Labute approximate surface area is 118 Å². The van der Waals surface area contributed by atoms with Gasteiger partial charge in [-0.2, -0.15) is 19.3 Å². The van der Waals surface area contributed by atoms with Gasteiger partial charge in [0.25, 0.3) is 0 Å². The predicted octanol–water partition coefficient (Wildman–Crippen LogP) is 1.26. The number of anilines is 1. The fourth-order valence-electron chi connectivity index (χ4n) is 1.11. The highest BCUT2D eigenvalue weighted by Gasteiger charge is 2.11. The number of nitrogens with zero attached hydrogens (tertiary/aromatic N) is 5. The zero-order chi connectivity index (χ0) is 13.8. The SMILES string of the molecule is Cc1nsc(Sc2nc(NN)nc(OC(C)C)n2)n1. The molecule has 0 radical (unpaired) electrons. The Morgan fingerprint density at radius 2 is 2.05 bits per heavy atom. The van der Waals surface area contributed by atoms with E-state index < -0.39 is 0 Å². The second-order valence-electron chi connectivity index (χ2n) is 3.74. The van der Waals surface area contributed by atoms with E-state index in [-0.39, 0.29) is 18.1 Å². The van der Waals surface area contributed by atoms with Crippen LogP contribution in [0.2, 0.25) is 0 Å². The van der Waals surface area contributed by atoms with Gasteiger partial charge in [-0.3, -0.25) is 5.43 Å². The molecule has 2 heterocycles. The van der Waals surface area contributed by atoms with E-state index in [9.17, 15) is 0 Å². The van der Waals surface area contributed by atoms with Gasteiger partial charge in [0.1, 0.15) is 5.82 Å². The van der Waals surface area contributed by atoms with E-state index in [2.05, 4.69) is 29.7 Å². The normalized spacial score (nSPS) is 10.8. The molecule has 0 fully saturated rings. The lowest BCUT2D eigenvalue weighted by Gasteiger charge is -2.09. The van der Waals surface area contributed by atoms with Crippen molar-refractivity contribution in [1.82, 2.24) is 24.3 Å². The fourth-order valence-corrected chi connectivity index (χ4v) is 2.61. The molecule has 0 aliphatic carbocycles. The van der Waals surface area contributed by atoms with Crippen LogP contribution in [0.5, 0.6) is 6.01 Å². The van der Waals surface area contributed by atoms with Gasteiger partial charge in [0, 0.05) is 0 Å². The Balaban J connectivity index is 2.23. The fraction of sp³-hybridized carbons (Fsp3) is 0.444. The van der Waals surface area contributed by atoms with Crippen molar-refractivity contribution in [3.63, 3.8) is 0 Å². The molecule has 0 spiro atoms. The summed E-state index contributed by atoms with van der Waals surface area (Å²) < 4.78 is 10.3. The molecule has 102 valence electrons. The van der Waals surface area contributed by atoms with Crippen molar-refractivity contribution in [2.75, 3.05) is 5.43 Å². The molecule has 0 aliphatic heterocycles. The van der Waals surface area contributed by atoms with Crippen LogP contribution < -0.4 is 16.0 Å². The van der Waals surface area contributed by atoms with Crippen molar-refractivity contribution in [1.29, 1.82) is 0 Å². The summed E-state index contributed by atoms with van der Waals surface area (Å²) in [5.41, 5.74) is 2.38. The van der Waals surface area contributed by atoms with Crippen molar-refractivity contribution in [2.24, 2.45) is 5.84 Å². The molecule has 8 nitrogen and oxygen atoms in total. The second kappa shape index (κ2) is 6.08. The highest BCUT2D eigenvalue weighted by atomic mass is 32.2. The maximum atomic E-state index is 5.44. The number of hydrogen-bond acceptors (Lipinski definition) is 10. The van der Waals surface area contributed by atoms with Gasteiger partial charge in [-0.25, -0.2) is 10.8 Å². The maximum Gasteiger partial charge on any atom is 0.322 e. The lowest BCUT2D eigenvalue weighted by molar-refractivity contribution is 0.219. The van der Waals surface area contributed by atoms with Crippen LogP contribution >= 0.6 is 23.3 Å². The molecule has 10 heteroatoms. The second-order valence-corrected chi connectivity index (χ2v) is 5.71. The van der Waals surface area contributed by atoms with E-state index in [1.807, 2.05) is 20.8 Å². The minimum absolute atomic E-state index is 0.0327. The largest absolute Gasteiger partial charge is 0.461 e. The van der Waals surface area contributed by atoms with E-state index in [1.54, 1.807) is 0 Å². The number of ether oxygens (including phenoxy) is 1. The molecule has 19 heavy (non-hydrogen) atoms. The number of nitrogens with two attached hydrogens (primary N) is 1. The highest BCUT2D eigenvalue weighted by Crippen LogP contribution is 2.27.